The van der Waals surface area contributed by atoms with E-state index in [0.29, 0.717) is 11.3 Å². The van der Waals surface area contributed by atoms with Crippen LogP contribution in [0.1, 0.15) is 11.1 Å². The van der Waals surface area contributed by atoms with Gasteiger partial charge in [0.15, 0.2) is 0 Å². The molecule has 0 saturated carbocycles. The van der Waals surface area contributed by atoms with Gasteiger partial charge in [0, 0.05) is 16.3 Å². The molecule has 30 heavy (non-hydrogen) atoms. The van der Waals surface area contributed by atoms with Crippen molar-refractivity contribution in [3.63, 3.8) is 0 Å². The van der Waals surface area contributed by atoms with E-state index >= 15 is 0 Å². The molecule has 5 aromatic rings. The zero-order chi connectivity index (χ0) is 20.9. The third-order valence-corrected chi connectivity index (χ3v) is 6.10. The standard InChI is InChI=1S/C24H15F3N2S/c1-14-8-9-17(24(25,26)27)13-18(14)22-19-11-15-5-2-3-6-16(15)12-20(19)23(29-28-22)21-7-4-10-30-21/h2-13H,1H3. The minimum Gasteiger partial charge on any atom is -0.166 e. The van der Waals surface area contributed by atoms with Crippen molar-refractivity contribution in [1.29, 1.82) is 0 Å². The van der Waals surface area contributed by atoms with Crippen molar-refractivity contribution in [2.24, 2.45) is 0 Å². The predicted octanol–water partition coefficient (Wildman–Crippen LogP) is 7.51. The van der Waals surface area contributed by atoms with E-state index in [2.05, 4.69) is 10.2 Å². The average molecular weight is 420 g/mol. The Hall–Kier alpha value is -3.25. The lowest BCUT2D eigenvalue weighted by Gasteiger charge is -2.14. The van der Waals surface area contributed by atoms with Crippen molar-refractivity contribution in [3.8, 4) is 21.8 Å². The Labute approximate surface area is 174 Å². The first kappa shape index (κ1) is 18.8. The van der Waals surface area contributed by atoms with Crippen molar-refractivity contribution in [1.82, 2.24) is 10.2 Å². The summed E-state index contributed by atoms with van der Waals surface area (Å²) in [6.45, 7) is 1.79. The third kappa shape index (κ3) is 3.13. The van der Waals surface area contributed by atoms with E-state index in [-0.39, 0.29) is 0 Å². The lowest BCUT2D eigenvalue weighted by Crippen LogP contribution is -2.06. The van der Waals surface area contributed by atoms with Crippen LogP contribution in [0.3, 0.4) is 0 Å². The highest BCUT2D eigenvalue weighted by molar-refractivity contribution is 7.13. The van der Waals surface area contributed by atoms with Gasteiger partial charge in [-0.25, -0.2) is 0 Å². The summed E-state index contributed by atoms with van der Waals surface area (Å²) < 4.78 is 40.1. The van der Waals surface area contributed by atoms with Crippen molar-refractivity contribution in [3.05, 3.63) is 83.2 Å². The first-order chi connectivity index (χ1) is 14.4. The lowest BCUT2D eigenvalue weighted by atomic mass is 9.95. The second-order valence-corrected chi connectivity index (χ2v) is 8.09. The summed E-state index contributed by atoms with van der Waals surface area (Å²) in [6.07, 6.45) is -4.42. The molecule has 2 heterocycles. The van der Waals surface area contributed by atoms with Gasteiger partial charge in [-0.2, -0.15) is 13.2 Å². The van der Waals surface area contributed by atoms with Crippen molar-refractivity contribution in [2.75, 3.05) is 0 Å². The highest BCUT2D eigenvalue weighted by atomic mass is 32.1. The number of aryl methyl sites for hydroxylation is 1. The summed E-state index contributed by atoms with van der Waals surface area (Å²) in [5.74, 6) is 0. The van der Waals surface area contributed by atoms with Gasteiger partial charge in [0.05, 0.1) is 10.4 Å². The number of benzene rings is 3. The maximum atomic E-state index is 13.4. The molecule has 5 rings (SSSR count). The normalized spacial score (nSPS) is 12.0. The van der Waals surface area contributed by atoms with Crippen molar-refractivity contribution < 1.29 is 13.2 Å². The number of hydrogen-bond donors (Lipinski definition) is 0. The Kier molecular flexibility index (Phi) is 4.33. The second-order valence-electron chi connectivity index (χ2n) is 7.15. The third-order valence-electron chi connectivity index (χ3n) is 5.22. The van der Waals surface area contributed by atoms with Gasteiger partial charge in [0.25, 0.3) is 0 Å². The second kappa shape index (κ2) is 6.92. The van der Waals surface area contributed by atoms with Gasteiger partial charge >= 0.3 is 6.18 Å². The fourth-order valence-electron chi connectivity index (χ4n) is 3.69. The van der Waals surface area contributed by atoms with E-state index in [0.717, 1.165) is 43.7 Å². The van der Waals surface area contributed by atoms with Crippen LogP contribution in [0.4, 0.5) is 13.2 Å². The van der Waals surface area contributed by atoms with Crippen LogP contribution in [0.15, 0.2) is 72.1 Å². The van der Waals surface area contributed by atoms with E-state index in [1.807, 2.05) is 53.9 Å². The van der Waals surface area contributed by atoms with Gasteiger partial charge < -0.3 is 0 Å². The Morgan fingerprint density at radius 3 is 2.07 bits per heavy atom. The van der Waals surface area contributed by atoms with Crippen LogP contribution in [0.5, 0.6) is 0 Å². The molecular formula is C24H15F3N2S. The van der Waals surface area contributed by atoms with Crippen LogP contribution in [0.2, 0.25) is 0 Å². The minimum atomic E-state index is -4.42. The molecule has 0 aliphatic heterocycles. The number of hydrogen-bond acceptors (Lipinski definition) is 3. The summed E-state index contributed by atoms with van der Waals surface area (Å²) in [4.78, 5) is 0.968. The Bertz CT molecular complexity index is 1390. The van der Waals surface area contributed by atoms with E-state index in [1.165, 1.54) is 12.1 Å². The van der Waals surface area contributed by atoms with Crippen LogP contribution in [0, 0.1) is 6.92 Å². The van der Waals surface area contributed by atoms with Crippen molar-refractivity contribution in [2.45, 2.75) is 13.1 Å². The Morgan fingerprint density at radius 1 is 0.767 bits per heavy atom. The molecule has 6 heteroatoms. The van der Waals surface area contributed by atoms with Gasteiger partial charge in [-0.15, -0.1) is 21.5 Å². The van der Waals surface area contributed by atoms with E-state index in [9.17, 15) is 13.2 Å². The molecule has 0 unspecified atom stereocenters. The monoisotopic (exact) mass is 420 g/mol. The summed E-state index contributed by atoms with van der Waals surface area (Å²) in [6, 6.07) is 19.6. The van der Waals surface area contributed by atoms with Crippen LogP contribution >= 0.6 is 11.3 Å². The van der Waals surface area contributed by atoms with E-state index in [4.69, 9.17) is 0 Å². The SMILES string of the molecule is Cc1ccc(C(F)(F)F)cc1-c1nnc(-c2cccs2)c2cc3ccccc3cc12. The summed E-state index contributed by atoms with van der Waals surface area (Å²) in [5, 5.41) is 14.5. The zero-order valence-corrected chi connectivity index (χ0v) is 16.7. The molecule has 0 amide bonds. The number of aromatic nitrogens is 2. The number of nitrogens with zero attached hydrogens (tertiary/aromatic N) is 2. The average Bonchev–Trinajstić information content (AvgIpc) is 3.26. The summed E-state index contributed by atoms with van der Waals surface area (Å²) in [5.41, 5.74) is 1.66. The number of halogens is 3. The first-order valence-corrected chi connectivity index (χ1v) is 10.2. The largest absolute Gasteiger partial charge is 0.416 e. The Balaban J connectivity index is 1.86. The van der Waals surface area contributed by atoms with Crippen LogP contribution in [-0.2, 0) is 6.18 Å². The van der Waals surface area contributed by atoms with E-state index < -0.39 is 11.7 Å². The van der Waals surface area contributed by atoms with E-state index in [1.54, 1.807) is 18.3 Å². The molecule has 0 bridgehead atoms. The molecule has 2 aromatic heterocycles. The van der Waals surface area contributed by atoms with Gasteiger partial charge in [-0.05, 0) is 59.0 Å². The fourth-order valence-corrected chi connectivity index (χ4v) is 4.41. The zero-order valence-electron chi connectivity index (χ0n) is 15.9. The van der Waals surface area contributed by atoms with Crippen molar-refractivity contribution >= 4 is 32.9 Å². The lowest BCUT2D eigenvalue weighted by molar-refractivity contribution is -0.137. The summed E-state index contributed by atoms with van der Waals surface area (Å²) >= 11 is 1.56. The molecule has 0 radical (unpaired) electrons. The maximum Gasteiger partial charge on any atom is 0.416 e. The maximum absolute atomic E-state index is 13.4. The number of thiophene rings is 1. The quantitative estimate of drug-likeness (QED) is 0.276. The smallest absolute Gasteiger partial charge is 0.166 e. The van der Waals surface area contributed by atoms with Gasteiger partial charge in [0.2, 0.25) is 0 Å². The molecule has 0 N–H and O–H groups in total. The van der Waals surface area contributed by atoms with Crippen LogP contribution < -0.4 is 0 Å². The van der Waals surface area contributed by atoms with Gasteiger partial charge in [-0.1, -0.05) is 36.4 Å². The molecule has 3 aromatic carbocycles. The molecule has 148 valence electrons. The minimum absolute atomic E-state index is 0.440. The van der Waals surface area contributed by atoms with Gasteiger partial charge in [0.1, 0.15) is 11.4 Å². The molecule has 0 atom stereocenters. The number of fused-ring (bicyclic) bond motifs is 2. The molecule has 0 aliphatic carbocycles. The molecule has 0 saturated heterocycles. The Morgan fingerprint density at radius 2 is 1.43 bits per heavy atom. The summed E-state index contributed by atoms with van der Waals surface area (Å²) in [7, 11) is 0. The topological polar surface area (TPSA) is 25.8 Å². The molecular weight excluding hydrogens is 405 g/mol. The van der Waals surface area contributed by atoms with Crippen LogP contribution in [0.25, 0.3) is 43.4 Å². The predicted molar refractivity (Wildman–Crippen MR) is 116 cm³/mol. The number of alkyl halides is 3. The highest BCUT2D eigenvalue weighted by Gasteiger charge is 2.31. The fraction of sp³-hybridized carbons (Fsp3) is 0.0833. The van der Waals surface area contributed by atoms with Gasteiger partial charge in [-0.3, -0.25) is 0 Å². The molecule has 0 spiro atoms. The molecule has 0 aliphatic rings. The molecule has 0 fully saturated rings. The highest BCUT2D eigenvalue weighted by Crippen LogP contribution is 2.39. The first-order valence-electron chi connectivity index (χ1n) is 9.33. The van der Waals surface area contributed by atoms with Crippen LogP contribution in [-0.4, -0.2) is 10.2 Å². The number of rotatable bonds is 2. The molecule has 2 nitrogen and oxygen atoms in total.